The van der Waals surface area contributed by atoms with E-state index in [-0.39, 0.29) is 5.91 Å². The second kappa shape index (κ2) is 9.68. The molecule has 0 bridgehead atoms. The van der Waals surface area contributed by atoms with Crippen LogP contribution in [0.5, 0.6) is 11.5 Å². The molecule has 0 aliphatic heterocycles. The molecule has 3 rings (SSSR count). The first-order chi connectivity index (χ1) is 13.2. The van der Waals surface area contributed by atoms with E-state index < -0.39 is 0 Å². The number of benzene rings is 1. The second-order valence-electron chi connectivity index (χ2n) is 5.79. The molecule has 0 aliphatic carbocycles. The van der Waals surface area contributed by atoms with Crippen molar-refractivity contribution < 1.29 is 14.3 Å². The lowest BCUT2D eigenvalue weighted by molar-refractivity contribution is -0.121. The Hall–Kier alpha value is -2.93. The molecule has 2 heterocycles. The molecule has 2 aromatic heterocycles. The number of pyridine rings is 1. The minimum absolute atomic E-state index is 0.00995. The molecule has 0 atom stereocenters. The zero-order chi connectivity index (χ0) is 18.9. The number of methoxy groups -OCH3 is 1. The second-order valence-corrected chi connectivity index (χ2v) is 6.65. The van der Waals surface area contributed by atoms with Gasteiger partial charge in [-0.1, -0.05) is 0 Å². The van der Waals surface area contributed by atoms with E-state index in [0.717, 1.165) is 27.8 Å². The monoisotopic (exact) mass is 383 g/mol. The fourth-order valence-electron chi connectivity index (χ4n) is 2.38. The lowest BCUT2D eigenvalue weighted by Crippen LogP contribution is -2.23. The Morgan fingerprint density at radius 3 is 2.74 bits per heavy atom. The van der Waals surface area contributed by atoms with Crippen LogP contribution in [0.1, 0.15) is 18.5 Å². The number of carbonyl (C=O) groups is 1. The molecule has 0 aliphatic rings. The largest absolute Gasteiger partial charge is 0.497 e. The van der Waals surface area contributed by atoms with Gasteiger partial charge in [0.1, 0.15) is 16.5 Å². The molecule has 0 radical (unpaired) electrons. The van der Waals surface area contributed by atoms with Crippen molar-refractivity contribution in [1.29, 1.82) is 0 Å². The van der Waals surface area contributed by atoms with Gasteiger partial charge in [-0.25, -0.2) is 4.98 Å². The maximum absolute atomic E-state index is 12.0. The normalized spacial score (nSPS) is 10.4. The average molecular weight is 383 g/mol. The Morgan fingerprint density at radius 1 is 1.19 bits per heavy atom. The molecule has 7 heteroatoms. The Bertz CT molecular complexity index is 850. The molecule has 3 aromatic rings. The van der Waals surface area contributed by atoms with Crippen molar-refractivity contribution in [3.63, 3.8) is 0 Å². The summed E-state index contributed by atoms with van der Waals surface area (Å²) in [6, 6.07) is 11.2. The van der Waals surface area contributed by atoms with Crippen LogP contribution in [0.25, 0.3) is 10.6 Å². The Balaban J connectivity index is 1.35. The summed E-state index contributed by atoms with van der Waals surface area (Å²) in [5.74, 6) is 1.54. The lowest BCUT2D eigenvalue weighted by atomic mass is 10.3. The molecule has 1 aromatic carbocycles. The molecular formula is C20H21N3O3S. The summed E-state index contributed by atoms with van der Waals surface area (Å²) in [4.78, 5) is 20.6. The molecule has 1 N–H and O–H groups in total. The van der Waals surface area contributed by atoms with Gasteiger partial charge < -0.3 is 14.8 Å². The van der Waals surface area contributed by atoms with Crippen molar-refractivity contribution in [3.05, 3.63) is 59.9 Å². The minimum atomic E-state index is -0.00995. The van der Waals surface area contributed by atoms with E-state index >= 15 is 0 Å². The highest BCUT2D eigenvalue weighted by Gasteiger charge is 2.07. The van der Waals surface area contributed by atoms with Crippen molar-refractivity contribution in [3.8, 4) is 22.1 Å². The summed E-state index contributed by atoms with van der Waals surface area (Å²) < 4.78 is 10.7. The van der Waals surface area contributed by atoms with Crippen molar-refractivity contribution in [2.75, 3.05) is 13.7 Å². The van der Waals surface area contributed by atoms with Gasteiger partial charge >= 0.3 is 0 Å². The van der Waals surface area contributed by atoms with Gasteiger partial charge in [-0.05, 0) is 42.8 Å². The van der Waals surface area contributed by atoms with Gasteiger partial charge in [0.15, 0.2) is 0 Å². The third-order valence-electron chi connectivity index (χ3n) is 3.80. The van der Waals surface area contributed by atoms with Crippen LogP contribution in [-0.2, 0) is 11.3 Å². The number of ether oxygens (including phenoxy) is 2. The molecule has 0 fully saturated rings. The number of thiazole rings is 1. The molecule has 27 heavy (non-hydrogen) atoms. The van der Waals surface area contributed by atoms with Crippen LogP contribution in [0.2, 0.25) is 0 Å². The summed E-state index contributed by atoms with van der Waals surface area (Å²) in [7, 11) is 1.62. The first-order valence-electron chi connectivity index (χ1n) is 8.63. The number of carbonyl (C=O) groups excluding carboxylic acids is 1. The molecule has 1 amide bonds. The van der Waals surface area contributed by atoms with Gasteiger partial charge in [-0.2, -0.15) is 0 Å². The summed E-state index contributed by atoms with van der Waals surface area (Å²) >= 11 is 1.54. The van der Waals surface area contributed by atoms with Crippen LogP contribution in [-0.4, -0.2) is 29.6 Å². The van der Waals surface area contributed by atoms with Crippen molar-refractivity contribution in [2.45, 2.75) is 19.4 Å². The quantitative estimate of drug-likeness (QED) is 0.571. The van der Waals surface area contributed by atoms with Gasteiger partial charge in [0.25, 0.3) is 0 Å². The zero-order valence-corrected chi connectivity index (χ0v) is 15.9. The van der Waals surface area contributed by atoms with Gasteiger partial charge in [0.05, 0.1) is 26.0 Å². The molecular weight excluding hydrogens is 362 g/mol. The summed E-state index contributed by atoms with van der Waals surface area (Å²) in [6.07, 6.45) is 4.58. The topological polar surface area (TPSA) is 73.3 Å². The molecule has 6 nitrogen and oxygen atoms in total. The molecule has 0 saturated carbocycles. The van der Waals surface area contributed by atoms with Crippen LogP contribution < -0.4 is 14.8 Å². The van der Waals surface area contributed by atoms with Gasteiger partial charge in [0.2, 0.25) is 5.91 Å². The maximum atomic E-state index is 12.0. The number of amides is 1. The third-order valence-corrected chi connectivity index (χ3v) is 4.74. The molecule has 140 valence electrons. The van der Waals surface area contributed by atoms with Crippen LogP contribution >= 0.6 is 11.3 Å². The SMILES string of the molecule is COc1ccc(OCCCC(=O)NCc2csc(-c3cccnc3)n2)cc1. The Morgan fingerprint density at radius 2 is 2.00 bits per heavy atom. The third kappa shape index (κ3) is 5.79. The number of hydrogen-bond donors (Lipinski definition) is 1. The summed E-state index contributed by atoms with van der Waals surface area (Å²) in [5, 5.41) is 5.75. The highest BCUT2D eigenvalue weighted by Crippen LogP contribution is 2.22. The first kappa shape index (κ1) is 18.8. The Labute approximate surface area is 162 Å². The predicted octanol–water partition coefficient (Wildman–Crippen LogP) is 3.69. The van der Waals surface area contributed by atoms with Crippen LogP contribution in [0, 0.1) is 0 Å². The van der Waals surface area contributed by atoms with Crippen molar-refractivity contribution in [2.24, 2.45) is 0 Å². The zero-order valence-electron chi connectivity index (χ0n) is 15.1. The van der Waals surface area contributed by atoms with Gasteiger partial charge in [-0.15, -0.1) is 11.3 Å². The van der Waals surface area contributed by atoms with E-state index in [1.54, 1.807) is 30.8 Å². The summed E-state index contributed by atoms with van der Waals surface area (Å²) in [5.41, 5.74) is 1.83. The Kier molecular flexibility index (Phi) is 6.76. The van der Waals surface area contributed by atoms with Crippen LogP contribution in [0.15, 0.2) is 54.2 Å². The first-order valence-corrected chi connectivity index (χ1v) is 9.51. The van der Waals surface area contributed by atoms with E-state index in [2.05, 4.69) is 15.3 Å². The minimum Gasteiger partial charge on any atom is -0.497 e. The van der Waals surface area contributed by atoms with E-state index in [1.807, 2.05) is 41.8 Å². The highest BCUT2D eigenvalue weighted by atomic mass is 32.1. The average Bonchev–Trinajstić information content (AvgIpc) is 3.20. The number of aromatic nitrogens is 2. The van der Waals surface area contributed by atoms with Crippen LogP contribution in [0.4, 0.5) is 0 Å². The van der Waals surface area contributed by atoms with E-state index in [4.69, 9.17) is 9.47 Å². The fourth-order valence-corrected chi connectivity index (χ4v) is 3.19. The number of rotatable bonds is 9. The van der Waals surface area contributed by atoms with Crippen molar-refractivity contribution in [1.82, 2.24) is 15.3 Å². The highest BCUT2D eigenvalue weighted by molar-refractivity contribution is 7.13. The van der Waals surface area contributed by atoms with E-state index in [0.29, 0.717) is 26.0 Å². The van der Waals surface area contributed by atoms with E-state index in [9.17, 15) is 4.79 Å². The number of hydrogen-bond acceptors (Lipinski definition) is 6. The predicted molar refractivity (Wildman–Crippen MR) is 105 cm³/mol. The van der Waals surface area contributed by atoms with Gasteiger partial charge in [0, 0.05) is 29.8 Å². The lowest BCUT2D eigenvalue weighted by Gasteiger charge is -2.07. The molecule has 0 spiro atoms. The molecule has 0 unspecified atom stereocenters. The number of nitrogens with zero attached hydrogens (tertiary/aromatic N) is 2. The fraction of sp³-hybridized carbons (Fsp3) is 0.250. The number of nitrogens with one attached hydrogen (secondary N) is 1. The standard InChI is InChI=1S/C20H21N3O3S/c1-25-17-6-8-18(9-7-17)26-11-3-5-19(24)22-13-16-14-27-20(23-16)15-4-2-10-21-12-15/h2,4,6-10,12,14H,3,5,11,13H2,1H3,(H,22,24). The van der Waals surface area contributed by atoms with E-state index in [1.165, 1.54) is 0 Å². The van der Waals surface area contributed by atoms with Gasteiger partial charge in [-0.3, -0.25) is 9.78 Å². The maximum Gasteiger partial charge on any atom is 0.220 e. The van der Waals surface area contributed by atoms with Crippen molar-refractivity contribution >= 4 is 17.2 Å². The smallest absolute Gasteiger partial charge is 0.220 e. The summed E-state index contributed by atoms with van der Waals surface area (Å²) in [6.45, 7) is 0.913. The molecule has 0 saturated heterocycles. The van der Waals surface area contributed by atoms with Crippen LogP contribution in [0.3, 0.4) is 0 Å².